The van der Waals surface area contributed by atoms with Crippen LogP contribution >= 0.6 is 0 Å². The molecule has 0 spiro atoms. The normalized spacial score (nSPS) is 14.5. The molecule has 2 N–H and O–H groups in total. The molecule has 0 saturated heterocycles. The van der Waals surface area contributed by atoms with Crippen LogP contribution in [0.2, 0.25) is 0 Å². The summed E-state index contributed by atoms with van der Waals surface area (Å²) in [6.07, 6.45) is -3.72. The van der Waals surface area contributed by atoms with Gasteiger partial charge in [0, 0.05) is 30.5 Å². The number of nitrogens with one attached hydrogen (secondary N) is 2. The van der Waals surface area contributed by atoms with Gasteiger partial charge in [-0.15, -0.1) is 8.78 Å². The lowest BCUT2D eigenvalue weighted by Gasteiger charge is -2.19. The van der Waals surface area contributed by atoms with E-state index in [-0.39, 0.29) is 22.9 Å². The van der Waals surface area contributed by atoms with E-state index < -0.39 is 22.2 Å². The molecule has 0 fully saturated rings. The van der Waals surface area contributed by atoms with Crippen molar-refractivity contribution in [3.8, 4) is 11.5 Å². The zero-order chi connectivity index (χ0) is 22.8. The summed E-state index contributed by atoms with van der Waals surface area (Å²) in [4.78, 5) is 12.5. The summed E-state index contributed by atoms with van der Waals surface area (Å²) in [6.45, 7) is 5.73. The van der Waals surface area contributed by atoms with Crippen molar-refractivity contribution in [2.75, 3.05) is 30.3 Å². The Hall–Kier alpha value is -2.92. The molecule has 2 aromatic rings. The van der Waals surface area contributed by atoms with Gasteiger partial charge in [0.15, 0.2) is 11.5 Å². The zero-order valence-corrected chi connectivity index (χ0v) is 18.1. The highest BCUT2D eigenvalue weighted by molar-refractivity contribution is 7.89. The van der Waals surface area contributed by atoms with Crippen LogP contribution in [0.15, 0.2) is 41.3 Å². The molecule has 1 amide bonds. The molecule has 11 heteroatoms. The largest absolute Gasteiger partial charge is 0.586 e. The second-order valence-corrected chi connectivity index (χ2v) is 8.73. The molecule has 8 nitrogen and oxygen atoms in total. The Balaban J connectivity index is 1.67. The van der Waals surface area contributed by atoms with Crippen molar-refractivity contribution in [3.05, 3.63) is 42.0 Å². The average Bonchev–Trinajstić information content (AvgIpc) is 3.01. The highest BCUT2D eigenvalue weighted by atomic mass is 32.2. The number of amides is 1. The van der Waals surface area contributed by atoms with Crippen molar-refractivity contribution in [2.45, 2.75) is 32.0 Å². The lowest BCUT2D eigenvalue weighted by atomic mass is 10.2. The Morgan fingerprint density at radius 3 is 2.42 bits per heavy atom. The molecule has 2 aromatic carbocycles. The van der Waals surface area contributed by atoms with Crippen LogP contribution in [0.3, 0.4) is 0 Å². The lowest BCUT2D eigenvalue weighted by Crippen LogP contribution is -2.30. The van der Waals surface area contributed by atoms with Gasteiger partial charge in [-0.05, 0) is 36.8 Å². The number of carbonyl (C=O) groups is 1. The Labute approximate surface area is 179 Å². The van der Waals surface area contributed by atoms with E-state index in [4.69, 9.17) is 0 Å². The lowest BCUT2D eigenvalue weighted by molar-refractivity contribution is -0.286. The first-order valence-electron chi connectivity index (χ1n) is 9.60. The molecule has 0 aliphatic carbocycles. The SMILES string of the molecule is CCN(CC)S(=O)(=O)c1ccc(C)c(NC(=O)CNc2ccc3c(c2)OC(F)(F)O3)c1. The van der Waals surface area contributed by atoms with Crippen molar-refractivity contribution >= 4 is 27.3 Å². The van der Waals surface area contributed by atoms with E-state index in [0.717, 1.165) is 0 Å². The number of nitrogens with zero attached hydrogens (tertiary/aromatic N) is 1. The fraction of sp³-hybridized carbons (Fsp3) is 0.350. The Bertz CT molecular complexity index is 1090. The van der Waals surface area contributed by atoms with E-state index in [1.807, 2.05) is 0 Å². The number of hydrogen-bond acceptors (Lipinski definition) is 6. The number of hydrogen-bond donors (Lipinski definition) is 2. The predicted octanol–water partition coefficient (Wildman–Crippen LogP) is 3.40. The van der Waals surface area contributed by atoms with E-state index in [1.54, 1.807) is 26.8 Å². The summed E-state index contributed by atoms with van der Waals surface area (Å²) >= 11 is 0. The minimum atomic E-state index is -3.72. The van der Waals surface area contributed by atoms with Crippen LogP contribution in [0.1, 0.15) is 19.4 Å². The van der Waals surface area contributed by atoms with Crippen molar-refractivity contribution in [3.63, 3.8) is 0 Å². The third-order valence-corrected chi connectivity index (χ3v) is 6.73. The molecule has 0 saturated carbocycles. The standard InChI is InChI=1S/C20H23F2N3O5S/c1-4-25(5-2)31(27,28)15-8-6-13(3)16(11-15)24-19(26)12-23-14-7-9-17-18(10-14)30-20(21,22)29-17/h6-11,23H,4-5,12H2,1-3H3,(H,24,26). The number of anilines is 2. The first kappa shape index (κ1) is 22.8. The van der Waals surface area contributed by atoms with Gasteiger partial charge in [0.05, 0.1) is 11.4 Å². The molecule has 0 unspecified atom stereocenters. The number of halogens is 2. The number of benzene rings is 2. The fourth-order valence-electron chi connectivity index (χ4n) is 3.04. The first-order chi connectivity index (χ1) is 14.6. The van der Waals surface area contributed by atoms with Gasteiger partial charge in [-0.1, -0.05) is 19.9 Å². The second-order valence-electron chi connectivity index (χ2n) is 6.80. The van der Waals surface area contributed by atoms with Gasteiger partial charge in [0.25, 0.3) is 0 Å². The zero-order valence-electron chi connectivity index (χ0n) is 17.2. The number of rotatable bonds is 8. The van der Waals surface area contributed by atoms with E-state index in [1.165, 1.54) is 34.6 Å². The number of carbonyl (C=O) groups excluding carboxylic acids is 1. The van der Waals surface area contributed by atoms with E-state index in [9.17, 15) is 22.0 Å². The number of aryl methyl sites for hydroxylation is 1. The molecule has 1 aliphatic rings. The molecule has 0 aromatic heterocycles. The summed E-state index contributed by atoms with van der Waals surface area (Å²) in [5.74, 6) is -0.675. The van der Waals surface area contributed by atoms with Crippen LogP contribution in [0.25, 0.3) is 0 Å². The predicted molar refractivity (Wildman–Crippen MR) is 111 cm³/mol. The van der Waals surface area contributed by atoms with Gasteiger partial charge in [0.2, 0.25) is 15.9 Å². The minimum Gasteiger partial charge on any atom is -0.395 e. The van der Waals surface area contributed by atoms with Gasteiger partial charge in [-0.25, -0.2) is 8.42 Å². The topological polar surface area (TPSA) is 97.0 Å². The van der Waals surface area contributed by atoms with Crippen LogP contribution in [-0.4, -0.2) is 44.6 Å². The van der Waals surface area contributed by atoms with Crippen molar-refractivity contribution < 1.29 is 31.5 Å². The maximum absolute atomic E-state index is 13.1. The number of sulfonamides is 1. The average molecular weight is 455 g/mol. The van der Waals surface area contributed by atoms with Crippen LogP contribution in [0, 0.1) is 6.92 Å². The Morgan fingerprint density at radius 2 is 1.74 bits per heavy atom. The van der Waals surface area contributed by atoms with Crippen LogP contribution < -0.4 is 20.1 Å². The molecule has 0 radical (unpaired) electrons. The van der Waals surface area contributed by atoms with Gasteiger partial charge in [-0.2, -0.15) is 4.31 Å². The molecule has 31 heavy (non-hydrogen) atoms. The summed E-state index contributed by atoms with van der Waals surface area (Å²) in [7, 11) is -3.67. The van der Waals surface area contributed by atoms with Crippen LogP contribution in [0.4, 0.5) is 20.2 Å². The highest BCUT2D eigenvalue weighted by Crippen LogP contribution is 2.42. The van der Waals surface area contributed by atoms with Crippen molar-refractivity contribution in [1.29, 1.82) is 0 Å². The quantitative estimate of drug-likeness (QED) is 0.633. The van der Waals surface area contributed by atoms with Gasteiger partial charge < -0.3 is 20.1 Å². The third-order valence-electron chi connectivity index (χ3n) is 4.68. The van der Waals surface area contributed by atoms with Crippen LogP contribution in [0.5, 0.6) is 11.5 Å². The number of ether oxygens (including phenoxy) is 2. The van der Waals surface area contributed by atoms with E-state index in [2.05, 4.69) is 20.1 Å². The number of alkyl halides is 2. The minimum absolute atomic E-state index is 0.0850. The summed E-state index contributed by atoms with van der Waals surface area (Å²) in [6, 6.07) is 8.62. The maximum atomic E-state index is 13.1. The Morgan fingerprint density at radius 1 is 1.06 bits per heavy atom. The molecule has 168 valence electrons. The monoisotopic (exact) mass is 455 g/mol. The molecule has 1 heterocycles. The summed E-state index contributed by atoms with van der Waals surface area (Å²) in [5.41, 5.74) is 1.44. The van der Waals surface area contributed by atoms with Crippen molar-refractivity contribution in [2.24, 2.45) is 0 Å². The van der Waals surface area contributed by atoms with E-state index >= 15 is 0 Å². The molecule has 0 atom stereocenters. The molecule has 0 bridgehead atoms. The Kier molecular flexibility index (Phi) is 6.37. The molecular formula is C20H23F2N3O5S. The second kappa shape index (κ2) is 8.67. The van der Waals surface area contributed by atoms with Crippen molar-refractivity contribution in [1.82, 2.24) is 4.31 Å². The number of fused-ring (bicyclic) bond motifs is 1. The summed E-state index contributed by atoms with van der Waals surface area (Å²) < 4.78 is 61.7. The highest BCUT2D eigenvalue weighted by Gasteiger charge is 2.43. The smallest absolute Gasteiger partial charge is 0.395 e. The van der Waals surface area contributed by atoms with E-state index in [0.29, 0.717) is 30.0 Å². The van der Waals surface area contributed by atoms with Gasteiger partial charge in [-0.3, -0.25) is 4.79 Å². The molecule has 3 rings (SSSR count). The molecular weight excluding hydrogens is 432 g/mol. The van der Waals surface area contributed by atoms with Gasteiger partial charge in [0.1, 0.15) is 0 Å². The maximum Gasteiger partial charge on any atom is 0.586 e. The molecule has 1 aliphatic heterocycles. The fourth-order valence-corrected chi connectivity index (χ4v) is 4.53. The third kappa shape index (κ3) is 5.05. The van der Waals surface area contributed by atoms with Gasteiger partial charge >= 0.3 is 6.29 Å². The first-order valence-corrected chi connectivity index (χ1v) is 11.0. The summed E-state index contributed by atoms with van der Waals surface area (Å²) in [5, 5.41) is 5.48. The van der Waals surface area contributed by atoms with Crippen LogP contribution in [-0.2, 0) is 14.8 Å².